The van der Waals surface area contributed by atoms with Crippen molar-refractivity contribution in [3.63, 3.8) is 0 Å². The molecule has 1 heterocycles. The molecule has 0 radical (unpaired) electrons. The molecule has 0 aliphatic carbocycles. The average molecular weight is 355 g/mol. The third kappa shape index (κ3) is 5.96. The van der Waals surface area contributed by atoms with E-state index in [-0.39, 0.29) is 75.4 Å². The fraction of sp³-hybridized carbons (Fsp3) is 0.0833. The molecule has 0 fully saturated rings. The summed E-state index contributed by atoms with van der Waals surface area (Å²) in [5, 5.41) is 30.5. The van der Waals surface area contributed by atoms with Crippen LogP contribution in [0.3, 0.4) is 0 Å². The molecule has 0 amide bonds. The van der Waals surface area contributed by atoms with Gasteiger partial charge in [-0.3, -0.25) is 0 Å². The Morgan fingerprint density at radius 3 is 2.48 bits per heavy atom. The SMILES string of the molecule is Cc1ccc([O-])c(-c2nc(OC(=O)O)c(OC(=O)[O-])s2)c1.[Na+].[Na+]. The minimum Gasteiger partial charge on any atom is -0.872 e. The molecular formula is C12H7NNa2O7S. The molecule has 23 heavy (non-hydrogen) atoms. The van der Waals surface area contributed by atoms with Gasteiger partial charge >= 0.3 is 65.3 Å². The van der Waals surface area contributed by atoms with E-state index in [0.29, 0.717) is 11.3 Å². The number of rotatable bonds is 3. The summed E-state index contributed by atoms with van der Waals surface area (Å²) in [5.74, 6) is -0.913. The molecule has 0 saturated heterocycles. The second-order valence-corrected chi connectivity index (χ2v) is 4.79. The summed E-state index contributed by atoms with van der Waals surface area (Å²) in [6, 6.07) is 4.46. The molecule has 0 atom stereocenters. The van der Waals surface area contributed by atoms with E-state index >= 15 is 0 Å². The minimum absolute atomic E-state index is 0. The van der Waals surface area contributed by atoms with Crippen molar-refractivity contribution in [1.82, 2.24) is 4.98 Å². The first-order valence-corrected chi connectivity index (χ1v) is 6.27. The van der Waals surface area contributed by atoms with E-state index in [1.807, 2.05) is 0 Å². The van der Waals surface area contributed by atoms with Gasteiger partial charge in [-0.1, -0.05) is 34.8 Å². The van der Waals surface area contributed by atoms with Crippen molar-refractivity contribution in [3.05, 3.63) is 23.8 Å². The quantitative estimate of drug-likeness (QED) is 0.428. The number of carboxylic acid groups (broad SMARTS) is 2. The number of ether oxygens (including phenoxy) is 2. The fourth-order valence-corrected chi connectivity index (χ4v) is 2.36. The molecule has 0 aliphatic rings. The Balaban J connectivity index is 0.00000242. The Kier molecular flexibility index (Phi) is 9.14. The number of benzene rings is 1. The summed E-state index contributed by atoms with van der Waals surface area (Å²) in [5.41, 5.74) is 0.964. The fourth-order valence-electron chi connectivity index (χ4n) is 1.51. The van der Waals surface area contributed by atoms with Crippen LogP contribution in [-0.2, 0) is 0 Å². The number of hydrogen-bond acceptors (Lipinski definition) is 8. The molecule has 0 unspecified atom stereocenters. The van der Waals surface area contributed by atoms with Crippen LogP contribution in [0, 0.1) is 6.92 Å². The molecule has 11 heteroatoms. The maximum absolute atomic E-state index is 11.8. The Morgan fingerprint density at radius 2 is 1.91 bits per heavy atom. The monoisotopic (exact) mass is 355 g/mol. The van der Waals surface area contributed by atoms with E-state index in [1.165, 1.54) is 12.1 Å². The molecule has 0 aliphatic heterocycles. The second kappa shape index (κ2) is 9.48. The zero-order chi connectivity index (χ0) is 15.6. The van der Waals surface area contributed by atoms with Crippen molar-refractivity contribution in [2.75, 3.05) is 0 Å². The molecule has 1 N–H and O–H groups in total. The number of nitrogens with zero attached hydrogens (tertiary/aromatic N) is 1. The Hall–Kier alpha value is -0.810. The van der Waals surface area contributed by atoms with E-state index in [9.17, 15) is 19.8 Å². The van der Waals surface area contributed by atoms with Crippen LogP contribution in [-0.4, -0.2) is 22.4 Å². The van der Waals surface area contributed by atoms with E-state index in [4.69, 9.17) is 5.11 Å². The summed E-state index contributed by atoms with van der Waals surface area (Å²) in [6.07, 6.45) is -3.59. The van der Waals surface area contributed by atoms with Crippen LogP contribution < -0.4 is 78.8 Å². The van der Waals surface area contributed by atoms with Crippen molar-refractivity contribution in [3.8, 4) is 27.3 Å². The van der Waals surface area contributed by atoms with Crippen molar-refractivity contribution >= 4 is 23.6 Å². The maximum atomic E-state index is 11.8. The first kappa shape index (κ1) is 22.2. The van der Waals surface area contributed by atoms with Gasteiger partial charge in [0.05, 0.1) is 0 Å². The minimum atomic E-state index is -1.90. The topological polar surface area (TPSA) is 132 Å². The summed E-state index contributed by atoms with van der Waals surface area (Å²) in [7, 11) is 0. The van der Waals surface area contributed by atoms with Crippen molar-refractivity contribution < 1.29 is 93.5 Å². The third-order valence-electron chi connectivity index (χ3n) is 2.29. The van der Waals surface area contributed by atoms with Gasteiger partial charge in [0.25, 0.3) is 12.0 Å². The van der Waals surface area contributed by atoms with Gasteiger partial charge in [0.1, 0.15) is 5.01 Å². The van der Waals surface area contributed by atoms with Gasteiger partial charge in [-0.15, -0.1) is 0 Å². The zero-order valence-electron chi connectivity index (χ0n) is 12.5. The van der Waals surface area contributed by atoms with Crippen LogP contribution in [0.25, 0.3) is 10.6 Å². The number of carbonyl (C=O) groups excluding carboxylic acids is 1. The summed E-state index contributed by atoms with van der Waals surface area (Å²) < 4.78 is 8.61. The molecule has 0 bridgehead atoms. The normalized spacial score (nSPS) is 9.26. The van der Waals surface area contributed by atoms with Gasteiger partial charge in [-0.05, 0) is 13.0 Å². The molecule has 0 spiro atoms. The van der Waals surface area contributed by atoms with Gasteiger partial charge in [0.15, 0.2) is 5.06 Å². The maximum Gasteiger partial charge on any atom is 1.00 e. The zero-order valence-corrected chi connectivity index (χ0v) is 17.3. The molecule has 1 aromatic heterocycles. The van der Waals surface area contributed by atoms with E-state index in [1.54, 1.807) is 13.0 Å². The summed E-state index contributed by atoms with van der Waals surface area (Å²) in [6.45, 7) is 1.75. The van der Waals surface area contributed by atoms with Gasteiger partial charge in [-0.25, -0.2) is 4.79 Å². The van der Waals surface area contributed by atoms with Gasteiger partial charge in [0, 0.05) is 5.56 Å². The predicted molar refractivity (Wildman–Crippen MR) is 66.4 cm³/mol. The van der Waals surface area contributed by atoms with E-state index in [2.05, 4.69) is 14.5 Å². The summed E-state index contributed by atoms with van der Waals surface area (Å²) >= 11 is 0.663. The van der Waals surface area contributed by atoms with E-state index in [0.717, 1.165) is 5.56 Å². The van der Waals surface area contributed by atoms with E-state index < -0.39 is 23.3 Å². The van der Waals surface area contributed by atoms with Gasteiger partial charge < -0.3 is 29.6 Å². The third-order valence-corrected chi connectivity index (χ3v) is 3.24. The van der Waals surface area contributed by atoms with Crippen molar-refractivity contribution in [1.29, 1.82) is 0 Å². The Morgan fingerprint density at radius 1 is 1.26 bits per heavy atom. The summed E-state index contributed by atoms with van der Waals surface area (Å²) in [4.78, 5) is 24.8. The average Bonchev–Trinajstić information content (AvgIpc) is 2.73. The first-order valence-electron chi connectivity index (χ1n) is 5.45. The number of aromatic nitrogens is 1. The number of carbonyl (C=O) groups is 2. The van der Waals surface area contributed by atoms with Crippen LogP contribution in [0.4, 0.5) is 9.59 Å². The van der Waals surface area contributed by atoms with Crippen LogP contribution in [0.5, 0.6) is 16.7 Å². The largest absolute Gasteiger partial charge is 1.00 e. The van der Waals surface area contributed by atoms with Crippen LogP contribution >= 0.6 is 11.3 Å². The smallest absolute Gasteiger partial charge is 0.872 e. The predicted octanol–water partition coefficient (Wildman–Crippen LogP) is -5.02. The molecule has 2 aromatic rings. The Bertz CT molecular complexity index is 686. The molecule has 8 nitrogen and oxygen atoms in total. The van der Waals surface area contributed by atoms with Gasteiger partial charge in [-0.2, -0.15) is 4.98 Å². The van der Waals surface area contributed by atoms with Crippen molar-refractivity contribution in [2.45, 2.75) is 6.92 Å². The van der Waals surface area contributed by atoms with Crippen molar-refractivity contribution in [2.24, 2.45) is 0 Å². The first-order chi connectivity index (χ1) is 9.86. The second-order valence-electron chi connectivity index (χ2n) is 3.83. The van der Waals surface area contributed by atoms with Crippen LogP contribution in [0.15, 0.2) is 18.2 Å². The number of aryl methyl sites for hydroxylation is 1. The van der Waals surface area contributed by atoms with Crippen LogP contribution in [0.1, 0.15) is 5.56 Å². The van der Waals surface area contributed by atoms with Crippen LogP contribution in [0.2, 0.25) is 0 Å². The Labute approximate surface area is 178 Å². The number of hydrogen-bond donors (Lipinski definition) is 1. The molecule has 2 rings (SSSR count). The number of thiazole rings is 1. The van der Waals surface area contributed by atoms with Gasteiger partial charge in [0.2, 0.25) is 0 Å². The molecule has 1 aromatic carbocycles. The molecule has 0 saturated carbocycles. The molecular weight excluding hydrogens is 348 g/mol. The standard InChI is InChI=1S/C12H9NO7S.2Na/c1-5-2-3-7(14)6(4-5)9-13-8(19-11(15)16)10(21-9)20-12(17)18;;/h2-4,14H,1H3,(H,15,16)(H,17,18);;/q;2*+1/p-2. The molecule has 110 valence electrons.